The Morgan fingerprint density at radius 2 is 1.00 bits per heavy atom. The zero-order chi connectivity index (χ0) is 40.3. The van der Waals surface area contributed by atoms with Crippen LogP contribution in [0.1, 0.15) is 23.3 Å². The first-order valence-corrected chi connectivity index (χ1v) is 21.2. The van der Waals surface area contributed by atoms with E-state index in [-0.39, 0.29) is 0 Å². The minimum atomic E-state index is 0.943. The maximum atomic E-state index is 6.65. The molecule has 3 nitrogen and oxygen atoms in total. The van der Waals surface area contributed by atoms with Crippen molar-refractivity contribution < 1.29 is 4.42 Å². The molecule has 11 aromatic rings. The van der Waals surface area contributed by atoms with E-state index < -0.39 is 0 Å². The molecule has 1 aliphatic rings. The number of anilines is 3. The predicted octanol–water partition coefficient (Wildman–Crippen LogP) is 15.9. The highest BCUT2D eigenvalue weighted by atomic mass is 16.3. The van der Waals surface area contributed by atoms with Crippen LogP contribution in [0.25, 0.3) is 77.1 Å². The zero-order valence-electron chi connectivity index (χ0n) is 33.5. The van der Waals surface area contributed by atoms with E-state index in [0.717, 1.165) is 74.8 Å². The second kappa shape index (κ2) is 14.4. The summed E-state index contributed by atoms with van der Waals surface area (Å²) in [5, 5.41) is 6.14. The van der Waals surface area contributed by atoms with Gasteiger partial charge < -0.3 is 13.9 Å². The van der Waals surface area contributed by atoms with Crippen molar-refractivity contribution >= 4 is 66.2 Å². The Morgan fingerprint density at radius 3 is 1.77 bits per heavy atom. The monoisotopic (exact) mass is 780 g/mol. The van der Waals surface area contributed by atoms with Gasteiger partial charge in [-0.1, -0.05) is 170 Å². The van der Waals surface area contributed by atoms with Gasteiger partial charge in [0.15, 0.2) is 0 Å². The molecule has 0 radical (unpaired) electrons. The van der Waals surface area contributed by atoms with Crippen molar-refractivity contribution in [3.05, 3.63) is 235 Å². The number of para-hydroxylation sites is 6. The molecule has 0 unspecified atom stereocenters. The SMILES string of the molecule is C1=C(c2cccc(N(c3ccccc3-c3ccccc3-n3c4ccccc4c4ccccc43)c3ccccc3-c3cccc4ccccc34)c2)c2oc3ccccc3c2CC1. The molecule has 3 heteroatoms. The second-order valence-electron chi connectivity index (χ2n) is 15.9. The van der Waals surface area contributed by atoms with Gasteiger partial charge in [0.2, 0.25) is 0 Å². The van der Waals surface area contributed by atoms with Gasteiger partial charge in [-0.05, 0) is 83.3 Å². The summed E-state index contributed by atoms with van der Waals surface area (Å²) >= 11 is 0. The van der Waals surface area contributed by atoms with Crippen LogP contribution in [0.15, 0.2) is 223 Å². The first kappa shape index (κ1) is 35.1. The van der Waals surface area contributed by atoms with Crippen LogP contribution in [0.3, 0.4) is 0 Å². The zero-order valence-corrected chi connectivity index (χ0v) is 33.5. The summed E-state index contributed by atoms with van der Waals surface area (Å²) in [6, 6.07) is 77.0. The van der Waals surface area contributed by atoms with Crippen LogP contribution in [0, 0.1) is 0 Å². The topological polar surface area (TPSA) is 21.3 Å². The lowest BCUT2D eigenvalue weighted by molar-refractivity contribution is 0.591. The third-order valence-corrected chi connectivity index (χ3v) is 12.5. The molecule has 288 valence electrons. The molecular formula is C58H40N2O. The number of rotatable bonds is 7. The van der Waals surface area contributed by atoms with Crippen molar-refractivity contribution in [1.82, 2.24) is 4.57 Å². The molecule has 9 aromatic carbocycles. The summed E-state index contributed by atoms with van der Waals surface area (Å²) in [5.74, 6) is 0.979. The second-order valence-corrected chi connectivity index (χ2v) is 15.9. The van der Waals surface area contributed by atoms with E-state index in [2.05, 4.69) is 228 Å². The predicted molar refractivity (Wildman–Crippen MR) is 255 cm³/mol. The summed E-state index contributed by atoms with van der Waals surface area (Å²) in [6.45, 7) is 0. The molecule has 0 atom stereocenters. The molecular weight excluding hydrogens is 741 g/mol. The van der Waals surface area contributed by atoms with Crippen LogP contribution in [-0.2, 0) is 6.42 Å². The average molecular weight is 781 g/mol. The normalized spacial score (nSPS) is 12.6. The number of hydrogen-bond donors (Lipinski definition) is 0. The number of aromatic nitrogens is 1. The van der Waals surface area contributed by atoms with Crippen LogP contribution >= 0.6 is 0 Å². The summed E-state index contributed by atoms with van der Waals surface area (Å²) < 4.78 is 9.08. The van der Waals surface area contributed by atoms with E-state index in [1.807, 2.05) is 0 Å². The number of aryl methyl sites for hydroxylation is 1. The molecule has 0 N–H and O–H groups in total. The van der Waals surface area contributed by atoms with E-state index in [4.69, 9.17) is 4.42 Å². The Hall–Kier alpha value is -7.88. The minimum Gasteiger partial charge on any atom is -0.456 e. The van der Waals surface area contributed by atoms with Crippen molar-refractivity contribution in [2.45, 2.75) is 12.8 Å². The van der Waals surface area contributed by atoms with Crippen LogP contribution in [0.4, 0.5) is 17.1 Å². The molecule has 0 saturated carbocycles. The first-order valence-electron chi connectivity index (χ1n) is 21.2. The summed E-state index contributed by atoms with van der Waals surface area (Å²) in [5.41, 5.74) is 15.9. The molecule has 61 heavy (non-hydrogen) atoms. The lowest BCUT2D eigenvalue weighted by Crippen LogP contribution is -2.13. The van der Waals surface area contributed by atoms with Gasteiger partial charge in [-0.3, -0.25) is 0 Å². The van der Waals surface area contributed by atoms with E-state index >= 15 is 0 Å². The van der Waals surface area contributed by atoms with Gasteiger partial charge >= 0.3 is 0 Å². The highest BCUT2D eigenvalue weighted by molar-refractivity contribution is 6.10. The van der Waals surface area contributed by atoms with E-state index in [0.29, 0.717) is 0 Å². The van der Waals surface area contributed by atoms with Gasteiger partial charge in [-0.2, -0.15) is 0 Å². The molecule has 0 spiro atoms. The van der Waals surface area contributed by atoms with Crippen LogP contribution in [-0.4, -0.2) is 4.57 Å². The van der Waals surface area contributed by atoms with Crippen molar-refractivity contribution in [2.75, 3.05) is 4.90 Å². The van der Waals surface area contributed by atoms with Crippen molar-refractivity contribution in [3.8, 4) is 27.9 Å². The van der Waals surface area contributed by atoms with Gasteiger partial charge in [0.05, 0.1) is 28.1 Å². The first-order chi connectivity index (χ1) is 30.3. The van der Waals surface area contributed by atoms with E-state index in [1.165, 1.54) is 49.1 Å². The Kier molecular flexibility index (Phi) is 8.31. The Morgan fingerprint density at radius 1 is 0.443 bits per heavy atom. The standard InChI is InChI=1S/C58H40N2O/c1-2-22-42-39(18-1)19-16-30-44(42)45-23-3-9-32-52(45)59(41-21-15-20-40(38-41)43-29-17-31-51-50-28-8-14-37-57(50)61-58(43)51)53-33-10-4-24-46(53)47-25-5-11-34-54(47)60-55-35-12-6-26-48(55)49-27-7-13-36-56(49)60/h1-16,18-30,32-38H,17,31H2. The van der Waals surface area contributed by atoms with Crippen LogP contribution < -0.4 is 4.90 Å². The van der Waals surface area contributed by atoms with E-state index in [9.17, 15) is 0 Å². The highest BCUT2D eigenvalue weighted by Gasteiger charge is 2.26. The molecule has 2 heterocycles. The van der Waals surface area contributed by atoms with Gasteiger partial charge in [-0.15, -0.1) is 0 Å². The third-order valence-electron chi connectivity index (χ3n) is 12.5. The van der Waals surface area contributed by atoms with Crippen LogP contribution in [0.2, 0.25) is 0 Å². The van der Waals surface area contributed by atoms with Crippen molar-refractivity contribution in [3.63, 3.8) is 0 Å². The number of hydrogen-bond acceptors (Lipinski definition) is 2. The van der Waals surface area contributed by atoms with Crippen molar-refractivity contribution in [1.29, 1.82) is 0 Å². The lowest BCUT2D eigenvalue weighted by Gasteiger charge is -2.31. The molecule has 0 amide bonds. The Bertz CT molecular complexity index is 3450. The van der Waals surface area contributed by atoms with Gasteiger partial charge in [0.1, 0.15) is 11.3 Å². The molecule has 0 aliphatic heterocycles. The molecule has 1 aliphatic carbocycles. The molecule has 0 saturated heterocycles. The minimum absolute atomic E-state index is 0.943. The maximum Gasteiger partial charge on any atom is 0.138 e. The van der Waals surface area contributed by atoms with E-state index in [1.54, 1.807) is 0 Å². The Balaban J connectivity index is 1.11. The Labute approximate surface area is 354 Å². The smallest absolute Gasteiger partial charge is 0.138 e. The molecule has 0 fully saturated rings. The van der Waals surface area contributed by atoms with Gasteiger partial charge in [0.25, 0.3) is 0 Å². The largest absolute Gasteiger partial charge is 0.456 e. The molecule has 2 aromatic heterocycles. The summed E-state index contributed by atoms with van der Waals surface area (Å²) in [4.78, 5) is 2.47. The number of nitrogens with zero attached hydrogens (tertiary/aromatic N) is 2. The quantitative estimate of drug-likeness (QED) is 0.161. The number of fused-ring (bicyclic) bond motifs is 7. The summed E-state index contributed by atoms with van der Waals surface area (Å²) in [6.07, 6.45) is 4.29. The molecule has 0 bridgehead atoms. The fourth-order valence-electron chi connectivity index (χ4n) is 9.82. The fourth-order valence-corrected chi connectivity index (χ4v) is 9.82. The van der Waals surface area contributed by atoms with Gasteiger partial charge in [-0.25, -0.2) is 0 Å². The third kappa shape index (κ3) is 5.73. The number of allylic oxidation sites excluding steroid dienone is 1. The van der Waals surface area contributed by atoms with Gasteiger partial charge in [0, 0.05) is 49.7 Å². The average Bonchev–Trinajstić information content (AvgIpc) is 3.88. The molecule has 12 rings (SSSR count). The lowest BCUT2D eigenvalue weighted by atomic mass is 9.90. The maximum absolute atomic E-state index is 6.65. The summed E-state index contributed by atoms with van der Waals surface area (Å²) in [7, 11) is 0. The van der Waals surface area contributed by atoms with Crippen molar-refractivity contribution in [2.24, 2.45) is 0 Å². The number of furan rings is 1. The fraction of sp³-hybridized carbons (Fsp3) is 0.0345. The highest BCUT2D eigenvalue weighted by Crippen LogP contribution is 2.48. The van der Waals surface area contributed by atoms with Crippen LogP contribution in [0.5, 0.6) is 0 Å². The number of benzene rings is 9.